The molecule has 0 aliphatic heterocycles. The highest BCUT2D eigenvalue weighted by Gasteiger charge is 2.26. The van der Waals surface area contributed by atoms with Crippen molar-refractivity contribution in [2.75, 3.05) is 20.8 Å². The van der Waals surface area contributed by atoms with Crippen molar-refractivity contribution in [3.63, 3.8) is 0 Å². The Morgan fingerprint density at radius 3 is 2.26 bits per heavy atom. The van der Waals surface area contributed by atoms with Gasteiger partial charge in [0.15, 0.2) is 11.5 Å². The molecule has 0 bridgehead atoms. The predicted molar refractivity (Wildman–Crippen MR) is 71.6 cm³/mol. The van der Waals surface area contributed by atoms with Crippen LogP contribution in [-0.2, 0) is 6.54 Å². The Balaban J connectivity index is 1.92. The van der Waals surface area contributed by atoms with Crippen LogP contribution < -0.4 is 14.8 Å². The molecule has 5 heteroatoms. The van der Waals surface area contributed by atoms with E-state index in [4.69, 9.17) is 9.47 Å². The minimum Gasteiger partial charge on any atom is -0.502 e. The van der Waals surface area contributed by atoms with Crippen molar-refractivity contribution >= 4 is 0 Å². The van der Waals surface area contributed by atoms with Crippen LogP contribution in [0.15, 0.2) is 12.1 Å². The normalized spacial score (nSPS) is 21.8. The summed E-state index contributed by atoms with van der Waals surface area (Å²) in [6.45, 7) is 1.57. The van der Waals surface area contributed by atoms with E-state index in [1.54, 1.807) is 12.1 Å². The van der Waals surface area contributed by atoms with E-state index >= 15 is 0 Å². The van der Waals surface area contributed by atoms with Gasteiger partial charge in [-0.3, -0.25) is 0 Å². The van der Waals surface area contributed by atoms with Gasteiger partial charge in [0.05, 0.1) is 20.3 Å². The molecule has 0 heterocycles. The number of ether oxygens (including phenoxy) is 2. The average Bonchev–Trinajstić information content (AvgIpc) is 2.38. The molecule has 0 aromatic heterocycles. The molecule has 1 fully saturated rings. The van der Waals surface area contributed by atoms with Crippen molar-refractivity contribution in [1.82, 2.24) is 5.32 Å². The highest BCUT2D eigenvalue weighted by Crippen LogP contribution is 2.37. The fraction of sp³-hybridized carbons (Fsp3) is 0.571. The van der Waals surface area contributed by atoms with Crippen LogP contribution in [0.4, 0.5) is 0 Å². The molecule has 1 aromatic rings. The summed E-state index contributed by atoms with van der Waals surface area (Å²) in [5.41, 5.74) is 0.992. The van der Waals surface area contributed by atoms with Crippen LogP contribution in [0.3, 0.4) is 0 Å². The van der Waals surface area contributed by atoms with Crippen LogP contribution >= 0.6 is 0 Å². The summed E-state index contributed by atoms with van der Waals surface area (Å²) in [4.78, 5) is 0. The molecule has 0 saturated heterocycles. The maximum Gasteiger partial charge on any atom is 0.200 e. The van der Waals surface area contributed by atoms with Gasteiger partial charge >= 0.3 is 0 Å². The highest BCUT2D eigenvalue weighted by molar-refractivity contribution is 5.52. The Labute approximate surface area is 113 Å². The molecule has 0 atom stereocenters. The van der Waals surface area contributed by atoms with E-state index in [1.165, 1.54) is 14.2 Å². The number of nitrogens with one attached hydrogen (secondary N) is 1. The van der Waals surface area contributed by atoms with E-state index in [0.717, 1.165) is 24.9 Å². The first-order valence-electron chi connectivity index (χ1n) is 6.46. The van der Waals surface area contributed by atoms with E-state index < -0.39 is 0 Å². The molecule has 0 radical (unpaired) electrons. The topological polar surface area (TPSA) is 71.0 Å². The maximum atomic E-state index is 9.81. The number of aromatic hydroxyl groups is 1. The Hall–Kier alpha value is -1.46. The number of phenolic OH excluding ortho intramolecular Hbond substituents is 1. The second-order valence-electron chi connectivity index (χ2n) is 4.97. The zero-order chi connectivity index (χ0) is 13.8. The van der Waals surface area contributed by atoms with Crippen LogP contribution in [0.2, 0.25) is 0 Å². The van der Waals surface area contributed by atoms with Crippen molar-refractivity contribution in [2.24, 2.45) is 5.92 Å². The summed E-state index contributed by atoms with van der Waals surface area (Å²) in [5.74, 6) is 1.41. The van der Waals surface area contributed by atoms with Crippen LogP contribution in [0, 0.1) is 5.92 Å². The van der Waals surface area contributed by atoms with Crippen LogP contribution in [-0.4, -0.2) is 37.1 Å². The van der Waals surface area contributed by atoms with Gasteiger partial charge in [0.2, 0.25) is 5.75 Å². The van der Waals surface area contributed by atoms with E-state index in [1.807, 2.05) is 0 Å². The molecule has 1 saturated carbocycles. The van der Waals surface area contributed by atoms with Crippen molar-refractivity contribution in [3.8, 4) is 17.2 Å². The van der Waals surface area contributed by atoms with Crippen molar-refractivity contribution in [1.29, 1.82) is 0 Å². The fourth-order valence-electron chi connectivity index (χ4n) is 2.34. The molecular weight excluding hydrogens is 246 g/mol. The smallest absolute Gasteiger partial charge is 0.200 e. The fourth-order valence-corrected chi connectivity index (χ4v) is 2.34. The number of rotatable bonds is 6. The van der Waals surface area contributed by atoms with Gasteiger partial charge in [0.25, 0.3) is 0 Å². The van der Waals surface area contributed by atoms with Gasteiger partial charge in [0.1, 0.15) is 0 Å². The summed E-state index contributed by atoms with van der Waals surface area (Å²) in [6, 6.07) is 3.58. The molecule has 1 aromatic carbocycles. The van der Waals surface area contributed by atoms with Crippen molar-refractivity contribution in [2.45, 2.75) is 25.5 Å². The monoisotopic (exact) mass is 267 g/mol. The first kappa shape index (κ1) is 14.0. The van der Waals surface area contributed by atoms with Gasteiger partial charge in [-0.25, -0.2) is 0 Å². The molecule has 19 heavy (non-hydrogen) atoms. The van der Waals surface area contributed by atoms with Gasteiger partial charge in [-0.2, -0.15) is 0 Å². The quantitative estimate of drug-likeness (QED) is 0.724. The third kappa shape index (κ3) is 3.30. The largest absolute Gasteiger partial charge is 0.502 e. The summed E-state index contributed by atoms with van der Waals surface area (Å²) in [5, 5.41) is 22.4. The predicted octanol–water partition coefficient (Wildman–Crippen LogP) is 1.27. The molecular formula is C14H21NO4. The molecule has 0 unspecified atom stereocenters. The number of benzene rings is 1. The molecule has 5 nitrogen and oxygen atoms in total. The average molecular weight is 267 g/mol. The first-order chi connectivity index (χ1) is 9.13. The second kappa shape index (κ2) is 6.12. The van der Waals surface area contributed by atoms with Gasteiger partial charge in [-0.1, -0.05) is 0 Å². The first-order valence-corrected chi connectivity index (χ1v) is 6.46. The van der Waals surface area contributed by atoms with Gasteiger partial charge < -0.3 is 25.0 Å². The molecule has 106 valence electrons. The number of aliphatic hydroxyl groups excluding tert-OH is 1. The Morgan fingerprint density at radius 1 is 1.21 bits per heavy atom. The standard InChI is InChI=1S/C14H21NO4/c1-18-12-5-10(6-13(19-2)14(12)17)8-15-7-9-3-11(16)4-9/h5-6,9,11,15-17H,3-4,7-8H2,1-2H3. The molecule has 3 N–H and O–H groups in total. The van der Waals surface area contributed by atoms with E-state index in [-0.39, 0.29) is 11.9 Å². The highest BCUT2D eigenvalue weighted by atomic mass is 16.5. The van der Waals surface area contributed by atoms with Gasteiger partial charge in [-0.05, 0) is 43.0 Å². The van der Waals surface area contributed by atoms with Crippen molar-refractivity contribution < 1.29 is 19.7 Å². The molecule has 1 aliphatic rings. The lowest BCUT2D eigenvalue weighted by Gasteiger charge is -2.31. The third-order valence-electron chi connectivity index (χ3n) is 3.51. The zero-order valence-electron chi connectivity index (χ0n) is 11.3. The lowest BCUT2D eigenvalue weighted by atomic mass is 9.82. The Bertz CT molecular complexity index is 404. The van der Waals surface area contributed by atoms with Crippen LogP contribution in [0.1, 0.15) is 18.4 Å². The lowest BCUT2D eigenvalue weighted by molar-refractivity contribution is 0.0430. The summed E-state index contributed by atoms with van der Waals surface area (Å²) >= 11 is 0. The number of phenols is 1. The number of hydrogen-bond acceptors (Lipinski definition) is 5. The van der Waals surface area contributed by atoms with Gasteiger partial charge in [0, 0.05) is 6.54 Å². The summed E-state index contributed by atoms with van der Waals surface area (Å²) in [7, 11) is 3.03. The summed E-state index contributed by atoms with van der Waals surface area (Å²) in [6.07, 6.45) is 1.66. The Kier molecular flexibility index (Phi) is 4.50. The number of hydrogen-bond donors (Lipinski definition) is 3. The number of aliphatic hydroxyl groups is 1. The SMILES string of the molecule is COc1cc(CNCC2CC(O)C2)cc(OC)c1O. The molecule has 1 aliphatic carbocycles. The second-order valence-corrected chi connectivity index (χ2v) is 4.97. The maximum absolute atomic E-state index is 9.81. The molecule has 0 amide bonds. The number of methoxy groups -OCH3 is 2. The zero-order valence-corrected chi connectivity index (χ0v) is 11.3. The molecule has 2 rings (SSSR count). The lowest BCUT2D eigenvalue weighted by Crippen LogP contribution is -2.35. The van der Waals surface area contributed by atoms with Crippen LogP contribution in [0.25, 0.3) is 0 Å². The minimum atomic E-state index is -0.110. The van der Waals surface area contributed by atoms with Gasteiger partial charge in [-0.15, -0.1) is 0 Å². The molecule has 0 spiro atoms. The van der Waals surface area contributed by atoms with Crippen molar-refractivity contribution in [3.05, 3.63) is 17.7 Å². The van der Waals surface area contributed by atoms with E-state index in [9.17, 15) is 10.2 Å². The van der Waals surface area contributed by atoms with E-state index in [0.29, 0.717) is 24.0 Å². The van der Waals surface area contributed by atoms with Crippen LogP contribution in [0.5, 0.6) is 17.2 Å². The third-order valence-corrected chi connectivity index (χ3v) is 3.51. The summed E-state index contributed by atoms with van der Waals surface area (Å²) < 4.78 is 10.2. The Morgan fingerprint density at radius 2 is 1.79 bits per heavy atom. The minimum absolute atomic E-state index is 0.0239. The van der Waals surface area contributed by atoms with E-state index in [2.05, 4.69) is 5.32 Å².